The molecule has 2 aromatic carbocycles. The quantitative estimate of drug-likeness (QED) is 0.625. The van der Waals surface area contributed by atoms with Gasteiger partial charge in [-0.15, -0.1) is 0 Å². The lowest BCUT2D eigenvalue weighted by Crippen LogP contribution is -2.26. The first-order chi connectivity index (χ1) is 10.8. The van der Waals surface area contributed by atoms with E-state index in [4.69, 9.17) is 5.73 Å². The molecule has 0 saturated heterocycles. The van der Waals surface area contributed by atoms with Crippen LogP contribution in [0.5, 0.6) is 0 Å². The second kappa shape index (κ2) is 7.04. The molecule has 3 rings (SSSR count). The molecular formula is C22H29N. The van der Waals surface area contributed by atoms with Gasteiger partial charge < -0.3 is 5.73 Å². The number of allylic oxidation sites excluding steroid dienone is 2. The van der Waals surface area contributed by atoms with Crippen molar-refractivity contribution in [3.8, 4) is 0 Å². The van der Waals surface area contributed by atoms with E-state index < -0.39 is 0 Å². The number of anilines is 1. The van der Waals surface area contributed by atoms with Crippen molar-refractivity contribution in [1.82, 2.24) is 0 Å². The Labute approximate surface area is 141 Å². The Balaban J connectivity index is 0.000000229. The van der Waals surface area contributed by atoms with Crippen molar-refractivity contribution in [2.24, 2.45) is 10.8 Å². The maximum absolute atomic E-state index is 5.36. The molecule has 2 N–H and O–H groups in total. The molecule has 0 heterocycles. The van der Waals surface area contributed by atoms with E-state index in [2.05, 4.69) is 64.1 Å². The van der Waals surface area contributed by atoms with Crippen molar-refractivity contribution in [1.29, 1.82) is 0 Å². The molecule has 1 aliphatic rings. The summed E-state index contributed by atoms with van der Waals surface area (Å²) in [6, 6.07) is 20.3. The molecule has 0 bridgehead atoms. The summed E-state index contributed by atoms with van der Waals surface area (Å²) in [5, 5.41) is 0. The molecule has 0 aliphatic heterocycles. The van der Waals surface area contributed by atoms with Gasteiger partial charge in [-0.05, 0) is 46.9 Å². The molecule has 0 radical (unpaired) electrons. The molecule has 2 aromatic rings. The van der Waals surface area contributed by atoms with Crippen LogP contribution in [0.2, 0.25) is 0 Å². The van der Waals surface area contributed by atoms with Crippen molar-refractivity contribution in [3.05, 3.63) is 72.3 Å². The topological polar surface area (TPSA) is 26.0 Å². The average Bonchev–Trinajstić information content (AvgIpc) is 2.46. The van der Waals surface area contributed by atoms with Gasteiger partial charge in [-0.2, -0.15) is 0 Å². The summed E-state index contributed by atoms with van der Waals surface area (Å²) in [5.74, 6) is 0. The molecule has 23 heavy (non-hydrogen) atoms. The molecule has 0 fully saturated rings. The molecule has 1 heteroatoms. The van der Waals surface area contributed by atoms with Crippen molar-refractivity contribution >= 4 is 11.3 Å². The third-order valence-corrected chi connectivity index (χ3v) is 4.11. The summed E-state index contributed by atoms with van der Waals surface area (Å²) >= 11 is 0. The van der Waals surface area contributed by atoms with Crippen LogP contribution < -0.4 is 5.73 Å². The zero-order valence-corrected chi connectivity index (χ0v) is 14.8. The minimum Gasteiger partial charge on any atom is -0.399 e. The Morgan fingerprint density at radius 3 is 1.74 bits per heavy atom. The third-order valence-electron chi connectivity index (χ3n) is 4.11. The Hall–Kier alpha value is -2.02. The fraction of sp³-hybridized carbons (Fsp3) is 0.364. The van der Waals surface area contributed by atoms with Gasteiger partial charge >= 0.3 is 0 Å². The second-order valence-corrected chi connectivity index (χ2v) is 7.95. The highest BCUT2D eigenvalue weighted by Crippen LogP contribution is 2.47. The highest BCUT2D eigenvalue weighted by atomic mass is 14.5. The summed E-state index contributed by atoms with van der Waals surface area (Å²) in [5.41, 5.74) is 9.83. The molecule has 1 aliphatic carbocycles. The van der Waals surface area contributed by atoms with E-state index in [-0.39, 0.29) is 0 Å². The fourth-order valence-corrected chi connectivity index (χ4v) is 3.68. The predicted molar refractivity (Wildman–Crippen MR) is 102 cm³/mol. The van der Waals surface area contributed by atoms with Gasteiger partial charge in [0, 0.05) is 5.69 Å². The van der Waals surface area contributed by atoms with Crippen LogP contribution in [-0.2, 0) is 0 Å². The molecule has 0 amide bonds. The molecule has 0 atom stereocenters. The summed E-state index contributed by atoms with van der Waals surface area (Å²) in [7, 11) is 0. The highest BCUT2D eigenvalue weighted by molar-refractivity contribution is 5.67. The van der Waals surface area contributed by atoms with Gasteiger partial charge in [-0.1, -0.05) is 82.3 Å². The molecular weight excluding hydrogens is 278 g/mol. The first-order valence-corrected chi connectivity index (χ1v) is 8.35. The van der Waals surface area contributed by atoms with Gasteiger partial charge in [-0.25, -0.2) is 0 Å². The van der Waals surface area contributed by atoms with Crippen molar-refractivity contribution in [2.75, 3.05) is 5.73 Å². The lowest BCUT2D eigenvalue weighted by atomic mass is 9.66. The monoisotopic (exact) mass is 307 g/mol. The largest absolute Gasteiger partial charge is 0.399 e. The van der Waals surface area contributed by atoms with Crippen LogP contribution in [0.4, 0.5) is 5.69 Å². The van der Waals surface area contributed by atoms with E-state index in [1.54, 1.807) is 0 Å². The van der Waals surface area contributed by atoms with Crippen molar-refractivity contribution in [3.63, 3.8) is 0 Å². The van der Waals surface area contributed by atoms with E-state index in [1.165, 1.54) is 24.0 Å². The van der Waals surface area contributed by atoms with E-state index in [1.807, 2.05) is 30.3 Å². The van der Waals surface area contributed by atoms with Gasteiger partial charge in [-0.3, -0.25) is 0 Å². The van der Waals surface area contributed by atoms with Gasteiger partial charge in [0.05, 0.1) is 0 Å². The molecule has 0 saturated carbocycles. The lowest BCUT2D eigenvalue weighted by molar-refractivity contribution is 0.229. The average molecular weight is 307 g/mol. The number of hydrogen-bond donors (Lipinski definition) is 1. The fourth-order valence-electron chi connectivity index (χ4n) is 3.68. The number of hydrogen-bond acceptors (Lipinski definition) is 1. The Morgan fingerprint density at radius 2 is 1.30 bits per heavy atom. The zero-order valence-electron chi connectivity index (χ0n) is 14.8. The molecule has 0 spiro atoms. The summed E-state index contributed by atoms with van der Waals surface area (Å²) in [6.07, 6.45) is 4.93. The molecule has 0 aromatic heterocycles. The lowest BCUT2D eigenvalue weighted by Gasteiger charge is -2.39. The third kappa shape index (κ3) is 5.59. The standard InChI is InChI=1S/C16H22.C6H7N/c1-15(2)10-14(11-16(3,4)12-15)13-8-6-5-7-9-13;7-6-4-2-1-3-5-6/h5-10H,11-12H2,1-4H3;1-5H,7H2. The van der Waals surface area contributed by atoms with Crippen molar-refractivity contribution < 1.29 is 0 Å². The van der Waals surface area contributed by atoms with Crippen LogP contribution in [0, 0.1) is 10.8 Å². The van der Waals surface area contributed by atoms with Crippen molar-refractivity contribution in [2.45, 2.75) is 40.5 Å². The van der Waals surface area contributed by atoms with Crippen LogP contribution >= 0.6 is 0 Å². The Kier molecular flexibility index (Phi) is 5.30. The first kappa shape index (κ1) is 17.3. The van der Waals surface area contributed by atoms with Gasteiger partial charge in [0.15, 0.2) is 0 Å². The van der Waals surface area contributed by atoms with Crippen LogP contribution in [0.1, 0.15) is 46.1 Å². The maximum Gasteiger partial charge on any atom is 0.0313 e. The zero-order chi connectivity index (χ0) is 16.9. The number of nitrogen functional groups attached to an aromatic ring is 1. The minimum atomic E-state index is 0.326. The van der Waals surface area contributed by atoms with Crippen LogP contribution in [-0.4, -0.2) is 0 Å². The Bertz CT molecular complexity index is 636. The van der Waals surface area contributed by atoms with E-state index in [0.29, 0.717) is 10.8 Å². The molecule has 122 valence electrons. The van der Waals surface area contributed by atoms with Gasteiger partial charge in [0.1, 0.15) is 0 Å². The number of benzene rings is 2. The van der Waals surface area contributed by atoms with E-state index in [0.717, 1.165) is 5.69 Å². The maximum atomic E-state index is 5.36. The molecule has 0 unspecified atom stereocenters. The number of nitrogens with two attached hydrogens (primary N) is 1. The number of rotatable bonds is 1. The normalized spacial score (nSPS) is 18.3. The smallest absolute Gasteiger partial charge is 0.0313 e. The predicted octanol–water partition coefficient (Wildman–Crippen LogP) is 6.19. The van der Waals surface area contributed by atoms with Crippen LogP contribution in [0.15, 0.2) is 66.7 Å². The second-order valence-electron chi connectivity index (χ2n) is 7.95. The Morgan fingerprint density at radius 1 is 0.783 bits per heavy atom. The molecule has 1 nitrogen and oxygen atoms in total. The summed E-state index contributed by atoms with van der Waals surface area (Å²) in [4.78, 5) is 0. The minimum absolute atomic E-state index is 0.326. The van der Waals surface area contributed by atoms with Gasteiger partial charge in [0.2, 0.25) is 0 Å². The van der Waals surface area contributed by atoms with Crippen LogP contribution in [0.25, 0.3) is 5.57 Å². The van der Waals surface area contributed by atoms with Crippen LogP contribution in [0.3, 0.4) is 0 Å². The number of para-hydroxylation sites is 1. The summed E-state index contributed by atoms with van der Waals surface area (Å²) in [6.45, 7) is 9.45. The van der Waals surface area contributed by atoms with E-state index in [9.17, 15) is 0 Å². The SMILES string of the molecule is CC1(C)C=C(c2ccccc2)CC(C)(C)C1.Nc1ccccc1. The highest BCUT2D eigenvalue weighted by Gasteiger charge is 2.33. The van der Waals surface area contributed by atoms with Gasteiger partial charge in [0.25, 0.3) is 0 Å². The van der Waals surface area contributed by atoms with E-state index >= 15 is 0 Å². The first-order valence-electron chi connectivity index (χ1n) is 8.35. The summed E-state index contributed by atoms with van der Waals surface area (Å²) < 4.78 is 0.